The topological polar surface area (TPSA) is 83.0 Å². The average molecular weight is 194 g/mol. The van der Waals surface area contributed by atoms with Crippen molar-refractivity contribution in [3.8, 4) is 0 Å². The summed E-state index contributed by atoms with van der Waals surface area (Å²) in [7, 11) is 0. The van der Waals surface area contributed by atoms with Gasteiger partial charge < -0.3 is 5.11 Å². The molecule has 0 radical (unpaired) electrons. The van der Waals surface area contributed by atoms with Crippen molar-refractivity contribution in [2.45, 2.75) is 13.8 Å². The van der Waals surface area contributed by atoms with E-state index >= 15 is 0 Å². The highest BCUT2D eigenvalue weighted by molar-refractivity contribution is 6.38. The van der Waals surface area contributed by atoms with E-state index in [2.05, 4.69) is 10.2 Å². The molecule has 5 nitrogen and oxygen atoms in total. The summed E-state index contributed by atoms with van der Waals surface area (Å²) < 4.78 is 0. The van der Waals surface area contributed by atoms with E-state index in [4.69, 9.17) is 5.11 Å². The predicted molar refractivity (Wildman–Crippen MR) is 49.7 cm³/mol. The highest BCUT2D eigenvalue weighted by Gasteiger charge is 2.07. The van der Waals surface area contributed by atoms with Crippen LogP contribution in [0.25, 0.3) is 6.08 Å². The lowest BCUT2D eigenvalue weighted by Gasteiger charge is -1.90. The molecule has 74 valence electrons. The number of nitrogens with zero attached hydrogens (tertiary/aromatic N) is 1. The zero-order valence-corrected chi connectivity index (χ0v) is 7.87. The predicted octanol–water partition coefficient (Wildman–Crippen LogP) is 0.693. The minimum atomic E-state index is -1.46. The molecule has 0 amide bonds. The number of carboxylic acids is 1. The Labute approximate surface area is 80.4 Å². The summed E-state index contributed by atoms with van der Waals surface area (Å²) in [6.07, 6.45) is 2.47. The van der Waals surface area contributed by atoms with Crippen LogP contribution < -0.4 is 0 Å². The minimum Gasteiger partial charge on any atom is -0.475 e. The highest BCUT2D eigenvalue weighted by Crippen LogP contribution is 2.10. The van der Waals surface area contributed by atoms with Gasteiger partial charge >= 0.3 is 5.97 Å². The Morgan fingerprint density at radius 2 is 2.07 bits per heavy atom. The van der Waals surface area contributed by atoms with E-state index in [9.17, 15) is 9.59 Å². The van der Waals surface area contributed by atoms with E-state index in [-0.39, 0.29) is 0 Å². The Morgan fingerprint density at radius 3 is 2.50 bits per heavy atom. The second kappa shape index (κ2) is 3.87. The number of ketones is 1. The van der Waals surface area contributed by atoms with Crippen molar-refractivity contribution in [3.63, 3.8) is 0 Å². The number of hydrogen-bond donors (Lipinski definition) is 2. The molecule has 0 aliphatic carbocycles. The van der Waals surface area contributed by atoms with Gasteiger partial charge in [-0.3, -0.25) is 9.89 Å². The maximum Gasteiger partial charge on any atom is 0.376 e. The van der Waals surface area contributed by atoms with Crippen molar-refractivity contribution in [2.24, 2.45) is 0 Å². The van der Waals surface area contributed by atoms with Gasteiger partial charge in [0, 0.05) is 11.3 Å². The normalized spacial score (nSPS) is 10.7. The lowest BCUT2D eigenvalue weighted by atomic mass is 10.1. The van der Waals surface area contributed by atoms with Crippen molar-refractivity contribution in [1.29, 1.82) is 0 Å². The van der Waals surface area contributed by atoms with E-state index in [0.717, 1.165) is 23.0 Å². The number of aromatic nitrogens is 2. The van der Waals surface area contributed by atoms with E-state index in [1.165, 1.54) is 6.08 Å². The number of aryl methyl sites for hydroxylation is 2. The van der Waals surface area contributed by atoms with Crippen LogP contribution in [0.3, 0.4) is 0 Å². The molecule has 0 atom stereocenters. The van der Waals surface area contributed by atoms with Crippen LogP contribution in [0.2, 0.25) is 0 Å². The first kappa shape index (κ1) is 10.2. The quantitative estimate of drug-likeness (QED) is 0.547. The number of carboxylic acid groups (broad SMARTS) is 1. The highest BCUT2D eigenvalue weighted by atomic mass is 16.4. The van der Waals surface area contributed by atoms with Crippen LogP contribution in [0.4, 0.5) is 0 Å². The fraction of sp³-hybridized carbons (Fsp3) is 0.222. The number of rotatable bonds is 3. The van der Waals surface area contributed by atoms with Gasteiger partial charge in [0.25, 0.3) is 5.78 Å². The molecule has 5 heteroatoms. The van der Waals surface area contributed by atoms with Crippen LogP contribution in [0.15, 0.2) is 6.08 Å². The second-order valence-corrected chi connectivity index (χ2v) is 2.85. The second-order valence-electron chi connectivity index (χ2n) is 2.85. The summed E-state index contributed by atoms with van der Waals surface area (Å²) in [5.74, 6) is -2.40. The maximum absolute atomic E-state index is 10.7. The SMILES string of the molecule is Cc1n[nH]c(C)c1/C=C/C(=O)C(=O)O. The molecule has 0 bridgehead atoms. The average Bonchev–Trinajstić information content (AvgIpc) is 2.43. The minimum absolute atomic E-state index is 0.733. The molecule has 2 N–H and O–H groups in total. The largest absolute Gasteiger partial charge is 0.475 e. The molecule has 0 aromatic carbocycles. The summed E-state index contributed by atoms with van der Waals surface area (Å²) >= 11 is 0. The molecule has 0 aliphatic rings. The number of carbonyl (C=O) groups is 2. The third-order valence-electron chi connectivity index (χ3n) is 1.80. The van der Waals surface area contributed by atoms with Crippen LogP contribution in [-0.4, -0.2) is 27.1 Å². The van der Waals surface area contributed by atoms with Gasteiger partial charge in [-0.25, -0.2) is 4.79 Å². The first-order chi connectivity index (χ1) is 6.52. The molecule has 0 saturated carbocycles. The molecule has 1 aromatic rings. The number of aliphatic carboxylic acids is 1. The van der Waals surface area contributed by atoms with Crippen molar-refractivity contribution in [1.82, 2.24) is 10.2 Å². The van der Waals surface area contributed by atoms with Gasteiger partial charge in [-0.1, -0.05) is 0 Å². The Kier molecular flexibility index (Phi) is 2.81. The summed E-state index contributed by atoms with van der Waals surface area (Å²) in [5, 5.41) is 15.0. The van der Waals surface area contributed by atoms with Crippen LogP contribution in [0.1, 0.15) is 17.0 Å². The Bertz CT molecular complexity index is 385. The van der Waals surface area contributed by atoms with Gasteiger partial charge in [-0.2, -0.15) is 5.10 Å². The molecule has 0 spiro atoms. The summed E-state index contributed by atoms with van der Waals surface area (Å²) in [5.41, 5.74) is 2.29. The molecule has 1 rings (SSSR count). The van der Waals surface area contributed by atoms with Crippen LogP contribution in [0.5, 0.6) is 0 Å². The van der Waals surface area contributed by atoms with E-state index in [1.54, 1.807) is 13.8 Å². The van der Waals surface area contributed by atoms with Gasteiger partial charge in [0.05, 0.1) is 5.69 Å². The van der Waals surface area contributed by atoms with Crippen LogP contribution in [-0.2, 0) is 9.59 Å². The maximum atomic E-state index is 10.7. The van der Waals surface area contributed by atoms with Crippen molar-refractivity contribution >= 4 is 17.8 Å². The third kappa shape index (κ3) is 2.07. The molecule has 14 heavy (non-hydrogen) atoms. The summed E-state index contributed by atoms with van der Waals surface area (Å²) in [6, 6.07) is 0. The van der Waals surface area contributed by atoms with Gasteiger partial charge in [-0.15, -0.1) is 0 Å². The molecule has 1 heterocycles. The number of hydrogen-bond acceptors (Lipinski definition) is 3. The Hall–Kier alpha value is -1.91. The zero-order valence-electron chi connectivity index (χ0n) is 7.87. The smallest absolute Gasteiger partial charge is 0.376 e. The molecule has 1 aromatic heterocycles. The lowest BCUT2D eigenvalue weighted by molar-refractivity contribution is -0.146. The van der Waals surface area contributed by atoms with E-state index in [0.29, 0.717) is 0 Å². The molecular weight excluding hydrogens is 184 g/mol. The fourth-order valence-corrected chi connectivity index (χ4v) is 1.04. The Balaban J connectivity index is 2.88. The number of H-pyrrole nitrogens is 1. The van der Waals surface area contributed by atoms with Gasteiger partial charge in [0.15, 0.2) is 0 Å². The van der Waals surface area contributed by atoms with Crippen LogP contribution >= 0.6 is 0 Å². The first-order valence-corrected chi connectivity index (χ1v) is 3.99. The van der Waals surface area contributed by atoms with Crippen molar-refractivity contribution < 1.29 is 14.7 Å². The monoisotopic (exact) mass is 194 g/mol. The summed E-state index contributed by atoms with van der Waals surface area (Å²) in [4.78, 5) is 20.9. The van der Waals surface area contributed by atoms with E-state index in [1.807, 2.05) is 0 Å². The lowest BCUT2D eigenvalue weighted by Crippen LogP contribution is -2.08. The molecule has 0 unspecified atom stereocenters. The number of nitrogens with one attached hydrogen (secondary N) is 1. The molecule has 0 saturated heterocycles. The van der Waals surface area contributed by atoms with E-state index < -0.39 is 11.8 Å². The summed E-state index contributed by atoms with van der Waals surface area (Å²) in [6.45, 7) is 3.57. The standard InChI is InChI=1S/C9H10N2O3/c1-5-7(6(2)11-10-5)3-4-8(12)9(13)14/h3-4H,1-2H3,(H,10,11)(H,13,14)/b4-3+. The third-order valence-corrected chi connectivity index (χ3v) is 1.80. The number of aromatic amines is 1. The fourth-order valence-electron chi connectivity index (χ4n) is 1.04. The Morgan fingerprint density at radius 1 is 1.43 bits per heavy atom. The first-order valence-electron chi connectivity index (χ1n) is 3.99. The van der Waals surface area contributed by atoms with Crippen LogP contribution in [0, 0.1) is 13.8 Å². The molecule has 0 aliphatic heterocycles. The van der Waals surface area contributed by atoms with Gasteiger partial charge in [0.1, 0.15) is 0 Å². The van der Waals surface area contributed by atoms with Gasteiger partial charge in [-0.05, 0) is 26.0 Å². The molecule has 0 fully saturated rings. The van der Waals surface area contributed by atoms with Gasteiger partial charge in [0.2, 0.25) is 0 Å². The number of carbonyl (C=O) groups excluding carboxylic acids is 1. The van der Waals surface area contributed by atoms with Crippen molar-refractivity contribution in [2.75, 3.05) is 0 Å². The zero-order chi connectivity index (χ0) is 10.7. The molecular formula is C9H10N2O3. The van der Waals surface area contributed by atoms with Crippen molar-refractivity contribution in [3.05, 3.63) is 23.0 Å².